The summed E-state index contributed by atoms with van der Waals surface area (Å²) in [7, 11) is 0. The number of aromatic nitrogens is 1. The minimum atomic E-state index is -1.16. The topological polar surface area (TPSA) is 137 Å². The van der Waals surface area contributed by atoms with Crippen LogP contribution in [0.2, 0.25) is 0 Å². The summed E-state index contributed by atoms with van der Waals surface area (Å²) in [6.07, 6.45) is 0.819. The molecule has 4 N–H and O–H groups in total. The third-order valence-corrected chi connectivity index (χ3v) is 5.85. The van der Waals surface area contributed by atoms with E-state index in [1.807, 2.05) is 20.8 Å². The number of aryl methyl sites for hydroxylation is 2. The first-order valence-corrected chi connectivity index (χ1v) is 10.9. The van der Waals surface area contributed by atoms with Crippen LogP contribution in [0.25, 0.3) is 0 Å². The second-order valence-electron chi connectivity index (χ2n) is 7.37. The third kappa shape index (κ3) is 5.02. The molecular weight excluding hydrogens is 432 g/mol. The molecule has 1 aromatic heterocycles. The molecule has 0 fully saturated rings. The number of nitrogens with one attached hydrogen (secondary N) is 3. The predicted molar refractivity (Wildman–Crippen MR) is 125 cm³/mol. The van der Waals surface area contributed by atoms with Crippen molar-refractivity contribution >= 4 is 39.6 Å². The Kier molecular flexibility index (Phi) is 7.04. The van der Waals surface area contributed by atoms with Gasteiger partial charge in [0.2, 0.25) is 0 Å². The zero-order chi connectivity index (χ0) is 23.4. The second kappa shape index (κ2) is 9.73. The summed E-state index contributed by atoms with van der Waals surface area (Å²) >= 11 is 1.39. The van der Waals surface area contributed by atoms with Crippen molar-refractivity contribution < 1.29 is 14.7 Å². The molecule has 10 heteroatoms. The van der Waals surface area contributed by atoms with Crippen molar-refractivity contribution in [3.05, 3.63) is 66.5 Å². The largest absolute Gasteiger partial charge is 0.480 e. The van der Waals surface area contributed by atoms with Crippen molar-refractivity contribution in [1.82, 2.24) is 4.98 Å². The molecule has 0 bridgehead atoms. The highest BCUT2D eigenvalue weighted by atomic mass is 32.1. The maximum Gasteiger partial charge on any atom is 0.326 e. The molecule has 0 aliphatic rings. The molecule has 2 aromatic carbocycles. The Labute approximate surface area is 188 Å². The monoisotopic (exact) mass is 456 g/mol. The highest BCUT2D eigenvalue weighted by Gasteiger charge is 2.26. The van der Waals surface area contributed by atoms with Gasteiger partial charge < -0.3 is 21.1 Å². The summed E-state index contributed by atoms with van der Waals surface area (Å²) in [4.78, 5) is 52.1. The van der Waals surface area contributed by atoms with Gasteiger partial charge in [0.05, 0.1) is 10.7 Å². The molecule has 0 aliphatic heterocycles. The van der Waals surface area contributed by atoms with Crippen LogP contribution in [0, 0.1) is 13.8 Å². The molecule has 0 unspecified atom stereocenters. The molecule has 9 nitrogen and oxygen atoms in total. The lowest BCUT2D eigenvalue weighted by molar-refractivity contribution is -0.137. The van der Waals surface area contributed by atoms with Gasteiger partial charge in [-0.3, -0.25) is 14.4 Å². The van der Waals surface area contributed by atoms with Crippen molar-refractivity contribution in [3.8, 4) is 0 Å². The number of nitrogens with zero attached hydrogens (tertiary/aromatic N) is 1. The Hall–Kier alpha value is -3.53. The zero-order valence-electron chi connectivity index (χ0n) is 17.9. The van der Waals surface area contributed by atoms with Crippen LogP contribution >= 0.6 is 11.3 Å². The van der Waals surface area contributed by atoms with Crippen molar-refractivity contribution in [1.29, 1.82) is 0 Å². The van der Waals surface area contributed by atoms with E-state index in [9.17, 15) is 24.3 Å². The fraction of sp³-hybridized carbons (Fsp3) is 0.318. The van der Waals surface area contributed by atoms with Crippen molar-refractivity contribution in [3.63, 3.8) is 0 Å². The third-order valence-electron chi connectivity index (χ3n) is 4.87. The quantitative estimate of drug-likeness (QED) is 0.342. The number of carbonyl (C=O) groups excluding carboxylic acids is 1. The Morgan fingerprint density at radius 3 is 2.31 bits per heavy atom. The van der Waals surface area contributed by atoms with E-state index in [2.05, 4.69) is 20.9 Å². The van der Waals surface area contributed by atoms with Gasteiger partial charge in [0.15, 0.2) is 0 Å². The van der Waals surface area contributed by atoms with Crippen LogP contribution < -0.4 is 26.8 Å². The lowest BCUT2D eigenvalue weighted by atomic mass is 10.0. The first-order chi connectivity index (χ1) is 15.2. The van der Waals surface area contributed by atoms with Crippen LogP contribution in [0.15, 0.2) is 33.9 Å². The summed E-state index contributed by atoms with van der Waals surface area (Å²) in [5, 5.41) is 19.5. The molecule has 0 spiro atoms. The Bertz CT molecular complexity index is 1210. The van der Waals surface area contributed by atoms with Crippen LogP contribution in [0.4, 0.5) is 16.4 Å². The zero-order valence-corrected chi connectivity index (χ0v) is 18.8. The van der Waals surface area contributed by atoms with Gasteiger partial charge in [-0.05, 0) is 38.0 Å². The van der Waals surface area contributed by atoms with Crippen LogP contribution in [0.3, 0.4) is 0 Å². The number of benzene rings is 1. The first-order valence-electron chi connectivity index (χ1n) is 10.1. The van der Waals surface area contributed by atoms with Gasteiger partial charge in [-0.25, -0.2) is 9.78 Å². The molecular formula is C22H24N4O5S. The van der Waals surface area contributed by atoms with Crippen molar-refractivity contribution in [2.75, 3.05) is 22.5 Å². The number of carboxylic acids is 1. The lowest BCUT2D eigenvalue weighted by Crippen LogP contribution is -2.42. The van der Waals surface area contributed by atoms with E-state index in [1.54, 1.807) is 24.3 Å². The molecule has 1 amide bonds. The Balaban J connectivity index is 1.69. The number of rotatable bonds is 10. The van der Waals surface area contributed by atoms with Gasteiger partial charge >= 0.3 is 5.97 Å². The molecule has 0 radical (unpaired) electrons. The molecule has 0 saturated carbocycles. The minimum Gasteiger partial charge on any atom is -0.480 e. The molecule has 1 heterocycles. The average molecular weight is 457 g/mol. The van der Waals surface area contributed by atoms with Crippen LogP contribution in [-0.4, -0.2) is 34.6 Å². The van der Waals surface area contributed by atoms with Gasteiger partial charge in [-0.2, -0.15) is 0 Å². The first kappa shape index (κ1) is 23.1. The number of carbonyl (C=O) groups is 2. The van der Waals surface area contributed by atoms with E-state index < -0.39 is 22.9 Å². The fourth-order valence-corrected chi connectivity index (χ4v) is 3.99. The number of hydrogen-bond donors (Lipinski definition) is 4. The summed E-state index contributed by atoms with van der Waals surface area (Å²) in [5.74, 6) is -1.44. The molecule has 32 heavy (non-hydrogen) atoms. The van der Waals surface area contributed by atoms with Gasteiger partial charge in [0, 0.05) is 18.5 Å². The standard InChI is InChI=1S/C22H24N4O5S/c1-4-9-23-16-17(19(28)18(16)27)25-15(22(30)31)10-13-5-7-14(8-6-13)20(29)26-21-11(2)24-12(3)32-21/h5-8,15,23,25H,4,9-10H2,1-3H3,(H,26,29)(H,30,31)/t15-/m0/s1. The summed E-state index contributed by atoms with van der Waals surface area (Å²) in [6.45, 7) is 6.10. The number of amides is 1. The van der Waals surface area contributed by atoms with Crippen LogP contribution in [0.5, 0.6) is 0 Å². The number of anilines is 3. The van der Waals surface area contributed by atoms with Crippen molar-refractivity contribution in [2.24, 2.45) is 0 Å². The van der Waals surface area contributed by atoms with E-state index in [4.69, 9.17) is 0 Å². The minimum absolute atomic E-state index is 0.00192. The van der Waals surface area contributed by atoms with E-state index in [0.717, 1.165) is 17.1 Å². The second-order valence-corrected chi connectivity index (χ2v) is 8.58. The van der Waals surface area contributed by atoms with Gasteiger partial charge in [-0.1, -0.05) is 19.1 Å². The van der Waals surface area contributed by atoms with Crippen LogP contribution in [0.1, 0.15) is 40.0 Å². The number of aliphatic carboxylic acids is 1. The van der Waals surface area contributed by atoms with E-state index in [1.165, 1.54) is 11.3 Å². The lowest BCUT2D eigenvalue weighted by Gasteiger charge is -2.19. The smallest absolute Gasteiger partial charge is 0.326 e. The summed E-state index contributed by atoms with van der Waals surface area (Å²) < 4.78 is 0. The number of carboxylic acid groups (broad SMARTS) is 1. The molecule has 3 aromatic rings. The molecule has 168 valence electrons. The summed E-state index contributed by atoms with van der Waals surface area (Å²) in [6, 6.07) is 5.44. The van der Waals surface area contributed by atoms with E-state index in [0.29, 0.717) is 22.7 Å². The normalized spacial score (nSPS) is 11.8. The SMILES string of the molecule is CCCNc1c(N[C@@H](Cc2ccc(C(=O)Nc3sc(C)nc3C)cc2)C(=O)O)c(=O)c1=O. The maximum atomic E-state index is 12.5. The van der Waals surface area contributed by atoms with Gasteiger partial charge in [-0.15, -0.1) is 11.3 Å². The van der Waals surface area contributed by atoms with Crippen molar-refractivity contribution in [2.45, 2.75) is 39.7 Å². The maximum absolute atomic E-state index is 12.5. The fourth-order valence-electron chi connectivity index (χ4n) is 3.17. The van der Waals surface area contributed by atoms with Crippen LogP contribution in [-0.2, 0) is 11.2 Å². The number of hydrogen-bond acceptors (Lipinski definition) is 8. The average Bonchev–Trinajstić information content (AvgIpc) is 3.08. The number of thiazole rings is 1. The van der Waals surface area contributed by atoms with E-state index in [-0.39, 0.29) is 23.7 Å². The molecule has 1 atom stereocenters. The Morgan fingerprint density at radius 1 is 1.09 bits per heavy atom. The summed E-state index contributed by atoms with van der Waals surface area (Å²) in [5.41, 5.74) is 0.590. The van der Waals surface area contributed by atoms with E-state index >= 15 is 0 Å². The Morgan fingerprint density at radius 2 is 1.75 bits per heavy atom. The van der Waals surface area contributed by atoms with Gasteiger partial charge in [0.25, 0.3) is 16.8 Å². The highest BCUT2D eigenvalue weighted by molar-refractivity contribution is 7.16. The molecule has 0 saturated heterocycles. The molecule has 3 rings (SSSR count). The highest BCUT2D eigenvalue weighted by Crippen LogP contribution is 2.24. The van der Waals surface area contributed by atoms with Gasteiger partial charge in [0.1, 0.15) is 22.4 Å². The molecule has 0 aliphatic carbocycles. The predicted octanol–water partition coefficient (Wildman–Crippen LogP) is 2.54.